The van der Waals surface area contributed by atoms with Gasteiger partial charge in [0.15, 0.2) is 0 Å². The molecule has 0 fully saturated rings. The molecule has 0 bridgehead atoms. The van der Waals surface area contributed by atoms with Crippen LogP contribution in [0.3, 0.4) is 0 Å². The zero-order valence-electron chi connectivity index (χ0n) is 10.2. The average molecular weight is 307 g/mol. The Morgan fingerprint density at radius 1 is 1.22 bits per heavy atom. The Morgan fingerprint density at radius 3 is 2.61 bits per heavy atom. The fourth-order valence-corrected chi connectivity index (χ4v) is 2.44. The van der Waals surface area contributed by atoms with Crippen LogP contribution in [0.15, 0.2) is 47.3 Å². The zero-order valence-corrected chi connectivity index (χ0v) is 11.8. The van der Waals surface area contributed by atoms with Gasteiger partial charge in [0.2, 0.25) is 0 Å². The van der Waals surface area contributed by atoms with Gasteiger partial charge in [-0.2, -0.15) is 5.10 Å². The Hall–Kier alpha value is -1.42. The molecule has 0 saturated heterocycles. The fourth-order valence-electron chi connectivity index (χ4n) is 1.86. The van der Waals surface area contributed by atoms with Crippen LogP contribution in [0.2, 0.25) is 0 Å². The van der Waals surface area contributed by atoms with Crippen LogP contribution in [0.25, 0.3) is 0 Å². The van der Waals surface area contributed by atoms with E-state index in [1.54, 1.807) is 12.1 Å². The maximum absolute atomic E-state index is 11.7. The Balaban J connectivity index is 2.26. The van der Waals surface area contributed by atoms with Crippen LogP contribution in [0, 0.1) is 6.92 Å². The molecule has 0 radical (unpaired) electrons. The number of hydrogen-bond donors (Lipinski definition) is 0. The van der Waals surface area contributed by atoms with Crippen molar-refractivity contribution in [3.8, 4) is 0 Å². The highest BCUT2D eigenvalue weighted by Gasteiger charge is 2.12. The van der Waals surface area contributed by atoms with Gasteiger partial charge in [0, 0.05) is 17.3 Å². The Bertz CT molecular complexity index is 566. The molecule has 1 aromatic heterocycles. The molecule has 0 aliphatic carbocycles. The van der Waals surface area contributed by atoms with Gasteiger partial charge in [-0.15, -0.1) is 0 Å². The monoisotopic (exact) mass is 306 g/mol. The van der Waals surface area contributed by atoms with Crippen LogP contribution < -0.4 is 5.56 Å². The lowest BCUT2D eigenvalue weighted by Crippen LogP contribution is -2.26. The highest BCUT2D eigenvalue weighted by molar-refractivity contribution is 9.09. The molecule has 3 nitrogen and oxygen atoms in total. The van der Waals surface area contributed by atoms with Crippen molar-refractivity contribution in [3.05, 3.63) is 64.1 Å². The molecule has 1 heterocycles. The van der Waals surface area contributed by atoms with Gasteiger partial charge in [0.05, 0.1) is 12.2 Å². The Labute approximate surface area is 115 Å². The highest BCUT2D eigenvalue weighted by Crippen LogP contribution is 2.19. The maximum atomic E-state index is 11.7. The molecule has 1 aromatic carbocycles. The number of rotatable bonds is 4. The molecule has 1 atom stereocenters. The number of hydrogen-bond acceptors (Lipinski definition) is 2. The van der Waals surface area contributed by atoms with Gasteiger partial charge < -0.3 is 0 Å². The number of aryl methyl sites for hydroxylation is 1. The molecule has 0 aliphatic rings. The standard InChI is InChI=1S/C14H15BrN2O/c1-11-7-8-14(18)17(16-11)10-13(9-15)12-5-3-2-4-6-12/h2-8,13H,9-10H2,1H3. The Morgan fingerprint density at radius 2 is 1.94 bits per heavy atom. The van der Waals surface area contributed by atoms with E-state index in [0.29, 0.717) is 6.54 Å². The summed E-state index contributed by atoms with van der Waals surface area (Å²) in [6, 6.07) is 13.5. The van der Waals surface area contributed by atoms with Crippen LogP contribution in [-0.4, -0.2) is 15.1 Å². The Kier molecular flexibility index (Phi) is 4.31. The second-order valence-electron chi connectivity index (χ2n) is 4.26. The van der Waals surface area contributed by atoms with Crippen LogP contribution in [0.5, 0.6) is 0 Å². The molecule has 0 aliphatic heterocycles. The van der Waals surface area contributed by atoms with Crippen molar-refractivity contribution in [2.45, 2.75) is 19.4 Å². The largest absolute Gasteiger partial charge is 0.268 e. The first kappa shape index (κ1) is 13.0. The van der Waals surface area contributed by atoms with E-state index in [-0.39, 0.29) is 11.5 Å². The molecule has 2 aromatic rings. The highest BCUT2D eigenvalue weighted by atomic mass is 79.9. The molecule has 0 saturated carbocycles. The lowest BCUT2D eigenvalue weighted by atomic mass is 10.0. The molecular weight excluding hydrogens is 292 g/mol. The minimum atomic E-state index is -0.0533. The van der Waals surface area contributed by atoms with Crippen molar-refractivity contribution in [2.24, 2.45) is 0 Å². The summed E-state index contributed by atoms with van der Waals surface area (Å²) in [6.07, 6.45) is 0. The molecule has 4 heteroatoms. The summed E-state index contributed by atoms with van der Waals surface area (Å²) in [5.74, 6) is 0.248. The van der Waals surface area contributed by atoms with Crippen LogP contribution in [-0.2, 0) is 6.54 Å². The summed E-state index contributed by atoms with van der Waals surface area (Å²) >= 11 is 3.51. The van der Waals surface area contributed by atoms with Gasteiger partial charge in [-0.1, -0.05) is 46.3 Å². The summed E-state index contributed by atoms with van der Waals surface area (Å²) in [6.45, 7) is 2.48. The first-order valence-electron chi connectivity index (χ1n) is 5.86. The van der Waals surface area contributed by atoms with E-state index in [1.165, 1.54) is 10.2 Å². The van der Waals surface area contributed by atoms with Gasteiger partial charge >= 0.3 is 0 Å². The summed E-state index contributed by atoms with van der Waals surface area (Å²) in [5, 5.41) is 5.07. The van der Waals surface area contributed by atoms with E-state index in [9.17, 15) is 4.79 Å². The van der Waals surface area contributed by atoms with E-state index < -0.39 is 0 Å². The third-order valence-corrected chi connectivity index (χ3v) is 3.63. The predicted molar refractivity (Wildman–Crippen MR) is 76.2 cm³/mol. The quantitative estimate of drug-likeness (QED) is 0.814. The summed E-state index contributed by atoms with van der Waals surface area (Å²) in [5.41, 5.74) is 2.02. The molecule has 18 heavy (non-hydrogen) atoms. The van der Waals surface area contributed by atoms with Crippen molar-refractivity contribution in [1.29, 1.82) is 0 Å². The zero-order chi connectivity index (χ0) is 13.0. The van der Waals surface area contributed by atoms with Crippen molar-refractivity contribution >= 4 is 15.9 Å². The maximum Gasteiger partial charge on any atom is 0.266 e. The second-order valence-corrected chi connectivity index (χ2v) is 4.90. The normalized spacial score (nSPS) is 12.3. The third-order valence-electron chi connectivity index (χ3n) is 2.85. The van der Waals surface area contributed by atoms with Crippen LogP contribution in [0.4, 0.5) is 0 Å². The fraction of sp³-hybridized carbons (Fsp3) is 0.286. The van der Waals surface area contributed by atoms with Crippen LogP contribution in [0.1, 0.15) is 17.2 Å². The van der Waals surface area contributed by atoms with Gasteiger partial charge in [0.25, 0.3) is 5.56 Å². The van der Waals surface area contributed by atoms with Gasteiger partial charge in [-0.25, -0.2) is 4.68 Å². The number of alkyl halides is 1. The topological polar surface area (TPSA) is 34.9 Å². The van der Waals surface area contributed by atoms with Crippen molar-refractivity contribution in [2.75, 3.05) is 5.33 Å². The van der Waals surface area contributed by atoms with Crippen molar-refractivity contribution < 1.29 is 0 Å². The molecule has 94 valence electrons. The van der Waals surface area contributed by atoms with E-state index in [1.807, 2.05) is 25.1 Å². The number of nitrogens with zero attached hydrogens (tertiary/aromatic N) is 2. The molecule has 0 N–H and O–H groups in total. The van der Waals surface area contributed by atoms with E-state index in [0.717, 1.165) is 11.0 Å². The SMILES string of the molecule is Cc1ccc(=O)n(CC(CBr)c2ccccc2)n1. The number of aromatic nitrogens is 2. The third kappa shape index (κ3) is 3.07. The average Bonchev–Trinajstić information content (AvgIpc) is 2.41. The van der Waals surface area contributed by atoms with Gasteiger partial charge in [0.1, 0.15) is 0 Å². The van der Waals surface area contributed by atoms with E-state index >= 15 is 0 Å². The molecule has 2 rings (SSSR count). The molecule has 0 amide bonds. The van der Waals surface area contributed by atoms with Gasteiger partial charge in [-0.05, 0) is 18.6 Å². The van der Waals surface area contributed by atoms with E-state index in [2.05, 4.69) is 33.2 Å². The van der Waals surface area contributed by atoms with E-state index in [4.69, 9.17) is 0 Å². The first-order valence-corrected chi connectivity index (χ1v) is 6.98. The van der Waals surface area contributed by atoms with Crippen molar-refractivity contribution in [3.63, 3.8) is 0 Å². The molecule has 1 unspecified atom stereocenters. The summed E-state index contributed by atoms with van der Waals surface area (Å²) in [4.78, 5) is 11.7. The molecule has 0 spiro atoms. The smallest absolute Gasteiger partial charge is 0.266 e. The number of benzene rings is 1. The second kappa shape index (κ2) is 5.96. The van der Waals surface area contributed by atoms with Crippen LogP contribution >= 0.6 is 15.9 Å². The minimum absolute atomic E-state index is 0.0533. The lowest BCUT2D eigenvalue weighted by molar-refractivity contribution is 0.518. The minimum Gasteiger partial charge on any atom is -0.268 e. The predicted octanol–water partition coefficient (Wildman–Crippen LogP) is 2.73. The summed E-state index contributed by atoms with van der Waals surface area (Å²) in [7, 11) is 0. The molecular formula is C14H15BrN2O. The summed E-state index contributed by atoms with van der Waals surface area (Å²) < 4.78 is 1.54. The number of halogens is 1. The lowest BCUT2D eigenvalue weighted by Gasteiger charge is -2.15. The van der Waals surface area contributed by atoms with Gasteiger partial charge in [-0.3, -0.25) is 4.79 Å². The first-order chi connectivity index (χ1) is 8.70. The van der Waals surface area contributed by atoms with Crippen molar-refractivity contribution in [1.82, 2.24) is 9.78 Å².